The number of carboxylic acid groups (broad SMARTS) is 1. The van der Waals surface area contributed by atoms with Gasteiger partial charge in [0.05, 0.1) is 0 Å². The van der Waals surface area contributed by atoms with Gasteiger partial charge in [-0.25, -0.2) is 4.79 Å². The Hall–Kier alpha value is -1.14. The number of amides is 1. The van der Waals surface area contributed by atoms with Crippen molar-refractivity contribution in [3.05, 3.63) is 0 Å². The van der Waals surface area contributed by atoms with E-state index in [1.165, 1.54) is 4.90 Å². The fourth-order valence-corrected chi connectivity index (χ4v) is 2.09. The summed E-state index contributed by atoms with van der Waals surface area (Å²) < 4.78 is 0. The number of nitrogens with zero attached hydrogens (tertiary/aromatic N) is 2. The maximum absolute atomic E-state index is 11.6. The molecule has 1 saturated heterocycles. The van der Waals surface area contributed by atoms with Crippen LogP contribution < -0.4 is 5.73 Å². The molecule has 1 heterocycles. The molecule has 2 unspecified atom stereocenters. The molecule has 6 heteroatoms. The lowest BCUT2D eigenvalue weighted by Gasteiger charge is -2.21. The summed E-state index contributed by atoms with van der Waals surface area (Å²) in [5.74, 6) is -1.21. The third-order valence-corrected chi connectivity index (χ3v) is 3.27. The molecule has 1 rings (SSSR count). The Morgan fingerprint density at radius 1 is 1.59 bits per heavy atom. The average Bonchev–Trinajstić information content (AvgIpc) is 2.69. The van der Waals surface area contributed by atoms with Gasteiger partial charge < -0.3 is 20.6 Å². The Kier molecular flexibility index (Phi) is 4.89. The van der Waals surface area contributed by atoms with Crippen molar-refractivity contribution < 1.29 is 14.7 Å². The van der Waals surface area contributed by atoms with Gasteiger partial charge in [-0.2, -0.15) is 0 Å². The van der Waals surface area contributed by atoms with E-state index in [2.05, 4.69) is 11.9 Å². The van der Waals surface area contributed by atoms with Gasteiger partial charge in [-0.05, 0) is 32.4 Å². The van der Waals surface area contributed by atoms with Crippen LogP contribution in [-0.2, 0) is 9.59 Å². The molecule has 0 bridgehead atoms. The van der Waals surface area contributed by atoms with Gasteiger partial charge in [0.15, 0.2) is 6.04 Å². The van der Waals surface area contributed by atoms with Crippen molar-refractivity contribution in [2.45, 2.75) is 18.9 Å². The molecule has 0 aliphatic carbocycles. The van der Waals surface area contributed by atoms with E-state index in [0.29, 0.717) is 12.5 Å². The number of hydrogen-bond acceptors (Lipinski definition) is 4. The summed E-state index contributed by atoms with van der Waals surface area (Å²) in [5, 5.41) is 8.64. The summed E-state index contributed by atoms with van der Waals surface area (Å²) >= 11 is 0. The van der Waals surface area contributed by atoms with Crippen molar-refractivity contribution in [3.63, 3.8) is 0 Å². The molecule has 1 aliphatic heterocycles. The van der Waals surface area contributed by atoms with E-state index in [-0.39, 0.29) is 0 Å². The molecule has 98 valence electrons. The molecule has 1 fully saturated rings. The zero-order valence-electron chi connectivity index (χ0n) is 10.4. The fraction of sp³-hybridized carbons (Fsp3) is 0.818. The van der Waals surface area contributed by atoms with E-state index < -0.39 is 17.9 Å². The number of carbonyl (C=O) groups is 2. The summed E-state index contributed by atoms with van der Waals surface area (Å²) in [4.78, 5) is 25.8. The van der Waals surface area contributed by atoms with Crippen LogP contribution in [0.2, 0.25) is 0 Å². The van der Waals surface area contributed by atoms with Gasteiger partial charge in [-0.3, -0.25) is 4.79 Å². The molecule has 6 nitrogen and oxygen atoms in total. The molecule has 0 aromatic rings. The van der Waals surface area contributed by atoms with E-state index in [9.17, 15) is 9.59 Å². The van der Waals surface area contributed by atoms with E-state index in [0.717, 1.165) is 25.9 Å². The lowest BCUT2D eigenvalue weighted by Crippen LogP contribution is -2.47. The first kappa shape index (κ1) is 13.9. The molecule has 0 saturated carbocycles. The second-order valence-corrected chi connectivity index (χ2v) is 4.78. The second-order valence-electron chi connectivity index (χ2n) is 4.78. The van der Waals surface area contributed by atoms with Gasteiger partial charge in [-0.15, -0.1) is 0 Å². The first-order chi connectivity index (χ1) is 7.91. The van der Waals surface area contributed by atoms with E-state index in [1.807, 2.05) is 0 Å². The van der Waals surface area contributed by atoms with Crippen molar-refractivity contribution in [1.82, 2.24) is 9.80 Å². The summed E-state index contributed by atoms with van der Waals surface area (Å²) in [6.45, 7) is 2.71. The van der Waals surface area contributed by atoms with E-state index in [1.54, 1.807) is 7.05 Å². The number of rotatable bonds is 5. The van der Waals surface area contributed by atoms with Crippen molar-refractivity contribution in [1.29, 1.82) is 0 Å². The van der Waals surface area contributed by atoms with E-state index in [4.69, 9.17) is 10.8 Å². The third-order valence-electron chi connectivity index (χ3n) is 3.27. The molecular weight excluding hydrogens is 222 g/mol. The highest BCUT2D eigenvalue weighted by Gasteiger charge is 2.26. The minimum Gasteiger partial charge on any atom is -0.480 e. The summed E-state index contributed by atoms with van der Waals surface area (Å²) in [6, 6.07) is -1.44. The Labute approximate surface area is 101 Å². The Balaban J connectivity index is 2.31. The molecule has 0 aromatic heterocycles. The zero-order valence-corrected chi connectivity index (χ0v) is 10.4. The monoisotopic (exact) mass is 243 g/mol. The molecular formula is C11H21N3O3. The van der Waals surface area contributed by atoms with Crippen molar-refractivity contribution >= 4 is 11.9 Å². The SMILES string of the molecule is CN1CCC(CCN(C)C(=O)C(N)C(=O)O)C1. The summed E-state index contributed by atoms with van der Waals surface area (Å²) in [7, 11) is 3.68. The number of likely N-dealkylation sites (tertiary alicyclic amines) is 1. The highest BCUT2D eigenvalue weighted by molar-refractivity contribution is 6.00. The smallest absolute Gasteiger partial charge is 0.330 e. The maximum atomic E-state index is 11.6. The van der Waals surface area contributed by atoms with Crippen LogP contribution in [0, 0.1) is 5.92 Å². The Morgan fingerprint density at radius 3 is 2.71 bits per heavy atom. The number of aliphatic carboxylic acids is 1. The van der Waals surface area contributed by atoms with E-state index >= 15 is 0 Å². The first-order valence-electron chi connectivity index (χ1n) is 5.83. The predicted molar refractivity (Wildman–Crippen MR) is 63.5 cm³/mol. The van der Waals surface area contributed by atoms with Crippen LogP contribution >= 0.6 is 0 Å². The topological polar surface area (TPSA) is 86.9 Å². The largest absolute Gasteiger partial charge is 0.480 e. The molecule has 0 aromatic carbocycles. The zero-order chi connectivity index (χ0) is 13.0. The molecule has 3 N–H and O–H groups in total. The molecule has 1 aliphatic rings. The summed E-state index contributed by atoms with van der Waals surface area (Å²) in [6.07, 6.45) is 2.04. The van der Waals surface area contributed by atoms with Gasteiger partial charge in [0, 0.05) is 20.1 Å². The Bertz CT molecular complexity index is 296. The molecule has 17 heavy (non-hydrogen) atoms. The molecule has 0 spiro atoms. The fourth-order valence-electron chi connectivity index (χ4n) is 2.09. The molecule has 1 amide bonds. The standard InChI is InChI=1S/C11H21N3O3/c1-13-5-3-8(7-13)4-6-14(2)10(15)9(12)11(16)17/h8-9H,3-7,12H2,1-2H3,(H,16,17). The highest BCUT2D eigenvalue weighted by Crippen LogP contribution is 2.18. The molecule has 2 atom stereocenters. The van der Waals surface area contributed by atoms with Gasteiger partial charge in [-0.1, -0.05) is 0 Å². The minimum absolute atomic E-state index is 0.524. The second kappa shape index (κ2) is 5.97. The number of carboxylic acids is 1. The number of nitrogens with two attached hydrogens (primary N) is 1. The van der Waals surface area contributed by atoms with Gasteiger partial charge in [0.25, 0.3) is 5.91 Å². The first-order valence-corrected chi connectivity index (χ1v) is 5.83. The van der Waals surface area contributed by atoms with Crippen LogP contribution in [0.15, 0.2) is 0 Å². The van der Waals surface area contributed by atoms with Crippen LogP contribution in [0.4, 0.5) is 0 Å². The normalized spacial score (nSPS) is 22.4. The lowest BCUT2D eigenvalue weighted by atomic mass is 10.0. The number of hydrogen-bond donors (Lipinski definition) is 2. The quantitative estimate of drug-likeness (QED) is 0.617. The predicted octanol–water partition coefficient (Wildman–Crippen LogP) is -0.801. The Morgan fingerprint density at radius 2 is 2.24 bits per heavy atom. The van der Waals surface area contributed by atoms with Gasteiger partial charge in [0.1, 0.15) is 0 Å². The van der Waals surface area contributed by atoms with Crippen molar-refractivity contribution in [2.24, 2.45) is 11.7 Å². The maximum Gasteiger partial charge on any atom is 0.330 e. The highest BCUT2D eigenvalue weighted by atomic mass is 16.4. The number of likely N-dealkylation sites (N-methyl/N-ethyl adjacent to an activating group) is 1. The van der Waals surface area contributed by atoms with Gasteiger partial charge >= 0.3 is 5.97 Å². The van der Waals surface area contributed by atoms with Crippen LogP contribution in [0.5, 0.6) is 0 Å². The van der Waals surface area contributed by atoms with Crippen LogP contribution in [0.3, 0.4) is 0 Å². The number of carbonyl (C=O) groups excluding carboxylic acids is 1. The third kappa shape index (κ3) is 3.98. The minimum atomic E-state index is -1.44. The van der Waals surface area contributed by atoms with Crippen LogP contribution in [0.25, 0.3) is 0 Å². The van der Waals surface area contributed by atoms with Gasteiger partial charge in [0.2, 0.25) is 0 Å². The van der Waals surface area contributed by atoms with Crippen molar-refractivity contribution in [3.8, 4) is 0 Å². The lowest BCUT2D eigenvalue weighted by molar-refractivity contribution is -0.146. The van der Waals surface area contributed by atoms with Crippen molar-refractivity contribution in [2.75, 3.05) is 33.7 Å². The average molecular weight is 243 g/mol. The van der Waals surface area contributed by atoms with Crippen LogP contribution in [-0.4, -0.2) is 66.6 Å². The molecule has 0 radical (unpaired) electrons. The van der Waals surface area contributed by atoms with Crippen LogP contribution in [0.1, 0.15) is 12.8 Å². The summed E-state index contributed by atoms with van der Waals surface area (Å²) in [5.41, 5.74) is 5.27.